The Bertz CT molecular complexity index is 822. The van der Waals surface area contributed by atoms with Crippen LogP contribution < -0.4 is 16.1 Å². The third-order valence-electron chi connectivity index (χ3n) is 6.39. The summed E-state index contributed by atoms with van der Waals surface area (Å²) in [5.74, 6) is -0.00245. The van der Waals surface area contributed by atoms with Crippen molar-refractivity contribution >= 4 is 24.0 Å². The summed E-state index contributed by atoms with van der Waals surface area (Å²) in [5.41, 5.74) is 7.72. The maximum Gasteiger partial charge on any atom is 0.251 e. The number of nitrogens with zero attached hydrogens (tertiary/aromatic N) is 3. The second-order valence-electron chi connectivity index (χ2n) is 7.71. The first-order valence-electron chi connectivity index (χ1n) is 9.58. The van der Waals surface area contributed by atoms with Gasteiger partial charge in [0.15, 0.2) is 0 Å². The molecule has 2 unspecified atom stereocenters. The minimum atomic E-state index is -0.686. The van der Waals surface area contributed by atoms with E-state index in [1.54, 1.807) is 5.01 Å². The Balaban J connectivity index is 1.71. The molecule has 3 N–H and O–H groups in total. The van der Waals surface area contributed by atoms with E-state index in [1.807, 2.05) is 0 Å². The number of piperidine rings is 1. The molecule has 144 valence electrons. The quantitative estimate of drug-likeness (QED) is 0.797. The summed E-state index contributed by atoms with van der Waals surface area (Å²) in [5, 5.41) is 8.96. The lowest BCUT2D eigenvalue weighted by atomic mass is 9.85. The fraction of sp³-hybridized carbons (Fsp3) is 0.500. The van der Waals surface area contributed by atoms with Crippen LogP contribution in [0.1, 0.15) is 49.9 Å². The molecule has 4 rings (SSSR count). The highest BCUT2D eigenvalue weighted by molar-refractivity contribution is 6.04. The van der Waals surface area contributed by atoms with E-state index in [1.165, 1.54) is 24.5 Å². The summed E-state index contributed by atoms with van der Waals surface area (Å²) >= 11 is 0. The Kier molecular flexibility index (Phi) is 4.42. The van der Waals surface area contributed by atoms with Gasteiger partial charge in [0, 0.05) is 18.8 Å². The lowest BCUT2D eigenvalue weighted by Crippen LogP contribution is -2.43. The predicted octanol–water partition coefficient (Wildman–Crippen LogP) is 3.27. The van der Waals surface area contributed by atoms with Crippen LogP contribution in [-0.2, 0) is 0 Å². The Hall–Kier alpha value is -2.41. The maximum atomic E-state index is 14.0. The Morgan fingerprint density at radius 1 is 1.37 bits per heavy atom. The molecule has 1 amide bonds. The number of anilines is 2. The molecule has 6 nitrogen and oxygen atoms in total. The van der Waals surface area contributed by atoms with E-state index in [2.05, 4.69) is 35.9 Å². The lowest BCUT2D eigenvalue weighted by molar-refractivity contribution is 0.100. The molecule has 0 saturated carbocycles. The van der Waals surface area contributed by atoms with Gasteiger partial charge in [0.1, 0.15) is 17.3 Å². The normalized spacial score (nSPS) is 28.7. The van der Waals surface area contributed by atoms with Crippen LogP contribution in [0, 0.1) is 11.7 Å². The predicted molar refractivity (Wildman–Crippen MR) is 105 cm³/mol. The average molecular weight is 371 g/mol. The third-order valence-corrected chi connectivity index (χ3v) is 6.39. The van der Waals surface area contributed by atoms with E-state index in [0.29, 0.717) is 29.4 Å². The fourth-order valence-corrected chi connectivity index (χ4v) is 5.15. The van der Waals surface area contributed by atoms with Crippen LogP contribution in [0.2, 0.25) is 0 Å². The Morgan fingerprint density at radius 2 is 2.04 bits per heavy atom. The molecule has 2 atom stereocenters. The van der Waals surface area contributed by atoms with Gasteiger partial charge >= 0.3 is 0 Å². The summed E-state index contributed by atoms with van der Waals surface area (Å²) in [6, 6.07) is 3.77. The molecule has 0 aliphatic carbocycles. The number of carbonyl (C=O) groups excluding carboxylic acids is 1. The van der Waals surface area contributed by atoms with Crippen molar-refractivity contribution in [2.45, 2.75) is 51.6 Å². The molecule has 3 aliphatic heterocycles. The molecular weight excluding hydrogens is 345 g/mol. The second kappa shape index (κ2) is 6.64. The molecule has 27 heavy (non-hydrogen) atoms. The van der Waals surface area contributed by atoms with E-state index in [-0.39, 0.29) is 5.56 Å². The van der Waals surface area contributed by atoms with E-state index in [9.17, 15) is 9.18 Å². The van der Waals surface area contributed by atoms with Gasteiger partial charge < -0.3 is 11.1 Å². The monoisotopic (exact) mass is 371 g/mol. The van der Waals surface area contributed by atoms with Gasteiger partial charge in [-0.3, -0.25) is 9.69 Å². The number of hydrazone groups is 1. The first kappa shape index (κ1) is 18.0. The maximum absolute atomic E-state index is 14.0. The lowest BCUT2D eigenvalue weighted by Gasteiger charge is -2.39. The summed E-state index contributed by atoms with van der Waals surface area (Å²) in [7, 11) is 0. The summed E-state index contributed by atoms with van der Waals surface area (Å²) in [4.78, 5) is 14.5. The summed E-state index contributed by atoms with van der Waals surface area (Å²) in [6.45, 7) is 9.08. The molecule has 0 aromatic heterocycles. The van der Waals surface area contributed by atoms with E-state index in [4.69, 9.17) is 5.73 Å². The van der Waals surface area contributed by atoms with Crippen LogP contribution >= 0.6 is 0 Å². The zero-order valence-corrected chi connectivity index (χ0v) is 15.8. The molecule has 2 bridgehead atoms. The van der Waals surface area contributed by atoms with Gasteiger partial charge in [-0.05, 0) is 62.8 Å². The van der Waals surface area contributed by atoms with Crippen LogP contribution in [0.25, 0.3) is 0 Å². The number of fused-ring (bicyclic) bond motifs is 3. The SMILES string of the molecule is C=NN1/C(=C(\C)C2CC3CCC(C2)N3CC)Nc2cc(F)cc(C(N)=O)c21. The summed E-state index contributed by atoms with van der Waals surface area (Å²) < 4.78 is 14.0. The third kappa shape index (κ3) is 2.81. The average Bonchev–Trinajstić information content (AvgIpc) is 3.13. The highest BCUT2D eigenvalue weighted by Crippen LogP contribution is 2.46. The molecule has 0 radical (unpaired) electrons. The van der Waals surface area contributed by atoms with E-state index in [0.717, 1.165) is 31.3 Å². The van der Waals surface area contributed by atoms with Crippen LogP contribution in [0.15, 0.2) is 28.6 Å². The van der Waals surface area contributed by atoms with Gasteiger partial charge in [-0.1, -0.05) is 6.92 Å². The van der Waals surface area contributed by atoms with Crippen molar-refractivity contribution in [3.05, 3.63) is 34.9 Å². The van der Waals surface area contributed by atoms with Crippen molar-refractivity contribution < 1.29 is 9.18 Å². The number of amides is 1. The first-order chi connectivity index (χ1) is 12.9. The van der Waals surface area contributed by atoms with Gasteiger partial charge in [-0.15, -0.1) is 0 Å². The number of hydrogen-bond donors (Lipinski definition) is 2. The topological polar surface area (TPSA) is 74.0 Å². The molecular formula is C20H26FN5O. The molecule has 3 aliphatic rings. The number of rotatable bonds is 4. The number of nitrogens with two attached hydrogens (primary N) is 1. The van der Waals surface area contributed by atoms with Crippen molar-refractivity contribution in [3.8, 4) is 0 Å². The Morgan fingerprint density at radius 3 is 2.59 bits per heavy atom. The number of carbonyl (C=O) groups is 1. The second-order valence-corrected chi connectivity index (χ2v) is 7.71. The number of nitrogens with one attached hydrogen (secondary N) is 1. The Labute approximate surface area is 158 Å². The van der Waals surface area contributed by atoms with E-state index >= 15 is 0 Å². The van der Waals surface area contributed by atoms with Crippen LogP contribution in [0.5, 0.6) is 0 Å². The highest BCUT2D eigenvalue weighted by Gasteiger charge is 2.41. The number of allylic oxidation sites excluding steroid dienone is 1. The molecule has 0 spiro atoms. The van der Waals surface area contributed by atoms with Gasteiger partial charge in [0.05, 0.1) is 11.3 Å². The molecule has 3 heterocycles. The summed E-state index contributed by atoms with van der Waals surface area (Å²) in [6.07, 6.45) is 4.73. The molecule has 2 fully saturated rings. The standard InChI is InChI=1S/C20H26FN5O/c1-4-25-14-5-6-15(25)8-12(7-14)11(2)20-24-17-10-13(21)9-16(19(22)27)18(17)26(20)23-3/h9-10,12,14-15,24H,3-8H2,1-2H3,(H2,22,27)/b20-11+. The van der Waals surface area contributed by atoms with Gasteiger partial charge in [-0.2, -0.15) is 5.10 Å². The number of benzene rings is 1. The van der Waals surface area contributed by atoms with Crippen molar-refractivity contribution in [2.24, 2.45) is 16.8 Å². The van der Waals surface area contributed by atoms with Crippen molar-refractivity contribution in [1.82, 2.24) is 4.90 Å². The minimum Gasteiger partial charge on any atom is -0.366 e. The molecule has 2 saturated heterocycles. The molecule has 7 heteroatoms. The van der Waals surface area contributed by atoms with Crippen LogP contribution in [0.3, 0.4) is 0 Å². The van der Waals surface area contributed by atoms with Crippen LogP contribution in [0.4, 0.5) is 15.8 Å². The van der Waals surface area contributed by atoms with Crippen molar-refractivity contribution in [3.63, 3.8) is 0 Å². The zero-order valence-electron chi connectivity index (χ0n) is 15.8. The van der Waals surface area contributed by atoms with E-state index < -0.39 is 11.7 Å². The van der Waals surface area contributed by atoms with Gasteiger partial charge in [0.2, 0.25) is 0 Å². The minimum absolute atomic E-state index is 0.105. The molecule has 1 aromatic carbocycles. The van der Waals surface area contributed by atoms with Gasteiger partial charge in [-0.25, -0.2) is 9.40 Å². The fourth-order valence-electron chi connectivity index (χ4n) is 5.15. The smallest absolute Gasteiger partial charge is 0.251 e. The highest BCUT2D eigenvalue weighted by atomic mass is 19.1. The zero-order chi connectivity index (χ0) is 19.3. The number of halogens is 1. The first-order valence-corrected chi connectivity index (χ1v) is 9.58. The van der Waals surface area contributed by atoms with Crippen molar-refractivity contribution in [1.29, 1.82) is 0 Å². The van der Waals surface area contributed by atoms with Crippen molar-refractivity contribution in [2.75, 3.05) is 16.9 Å². The van der Waals surface area contributed by atoms with Gasteiger partial charge in [0.25, 0.3) is 5.91 Å². The largest absolute Gasteiger partial charge is 0.366 e. The number of primary amides is 1. The van der Waals surface area contributed by atoms with Crippen LogP contribution in [-0.4, -0.2) is 36.2 Å². The molecule has 1 aromatic rings. The number of hydrogen-bond acceptors (Lipinski definition) is 5.